The van der Waals surface area contributed by atoms with Gasteiger partial charge in [0.15, 0.2) is 4.34 Å². The molecule has 4 nitrogen and oxygen atoms in total. The third-order valence-corrected chi connectivity index (χ3v) is 5.10. The van der Waals surface area contributed by atoms with E-state index in [1.807, 2.05) is 0 Å². The fraction of sp³-hybridized carbons (Fsp3) is 0.800. The number of nitrogens with one attached hydrogen (secondary N) is 1. The normalized spacial score (nSPS) is 29.8. The van der Waals surface area contributed by atoms with E-state index in [0.717, 1.165) is 30.1 Å². The first-order valence-electron chi connectivity index (χ1n) is 5.57. The minimum Gasteiger partial charge on any atom is -0.394 e. The van der Waals surface area contributed by atoms with E-state index < -0.39 is 0 Å². The zero-order valence-electron chi connectivity index (χ0n) is 9.35. The first kappa shape index (κ1) is 12.3. The molecular formula is C10H17N3OS2. The van der Waals surface area contributed by atoms with Crippen LogP contribution in [0.25, 0.3) is 0 Å². The maximum absolute atomic E-state index is 9.49. The number of nitrogens with zero attached hydrogens (tertiary/aromatic N) is 2. The zero-order chi connectivity index (χ0) is 11.4. The number of aliphatic hydroxyl groups excluding tert-OH is 1. The molecule has 2 N–H and O–H groups in total. The van der Waals surface area contributed by atoms with Crippen molar-refractivity contribution in [2.45, 2.75) is 41.3 Å². The molecule has 1 heterocycles. The largest absolute Gasteiger partial charge is 0.394 e. The Morgan fingerprint density at radius 2 is 2.62 bits per heavy atom. The SMILES string of the molecule is CCNC1(CO)CCC(Sc2nncs2)C1. The summed E-state index contributed by atoms with van der Waals surface area (Å²) in [5, 5.41) is 21.4. The molecule has 0 amide bonds. The summed E-state index contributed by atoms with van der Waals surface area (Å²) in [4.78, 5) is 0. The van der Waals surface area contributed by atoms with Gasteiger partial charge in [-0.25, -0.2) is 0 Å². The van der Waals surface area contributed by atoms with Crippen LogP contribution in [-0.2, 0) is 0 Å². The molecule has 1 saturated carbocycles. The molecule has 2 unspecified atom stereocenters. The average Bonchev–Trinajstić information content (AvgIpc) is 2.90. The van der Waals surface area contributed by atoms with E-state index >= 15 is 0 Å². The van der Waals surface area contributed by atoms with Gasteiger partial charge in [0.1, 0.15) is 5.51 Å². The molecule has 90 valence electrons. The van der Waals surface area contributed by atoms with Crippen LogP contribution < -0.4 is 5.32 Å². The van der Waals surface area contributed by atoms with E-state index in [-0.39, 0.29) is 12.1 Å². The highest BCUT2D eigenvalue weighted by Gasteiger charge is 2.38. The van der Waals surface area contributed by atoms with Crippen LogP contribution in [0.1, 0.15) is 26.2 Å². The first-order valence-corrected chi connectivity index (χ1v) is 7.32. The summed E-state index contributed by atoms with van der Waals surface area (Å²) in [5.41, 5.74) is 1.71. The first-order chi connectivity index (χ1) is 7.78. The molecule has 1 aliphatic rings. The molecule has 0 spiro atoms. The summed E-state index contributed by atoms with van der Waals surface area (Å²) in [6.07, 6.45) is 3.20. The Morgan fingerprint density at radius 3 is 3.25 bits per heavy atom. The molecule has 2 atom stereocenters. The molecule has 0 saturated heterocycles. The number of aliphatic hydroxyl groups is 1. The Labute approximate surface area is 104 Å². The minimum absolute atomic E-state index is 0.0584. The fourth-order valence-corrected chi connectivity index (χ4v) is 4.33. The molecule has 1 aromatic rings. The molecule has 16 heavy (non-hydrogen) atoms. The highest BCUT2D eigenvalue weighted by Crippen LogP contribution is 2.40. The predicted octanol–water partition coefficient (Wildman–Crippen LogP) is 1.52. The van der Waals surface area contributed by atoms with E-state index in [0.29, 0.717) is 5.25 Å². The van der Waals surface area contributed by atoms with E-state index in [9.17, 15) is 5.11 Å². The molecule has 1 aromatic heterocycles. The van der Waals surface area contributed by atoms with Gasteiger partial charge < -0.3 is 10.4 Å². The monoisotopic (exact) mass is 259 g/mol. The Hall–Kier alpha value is -0.170. The summed E-state index contributed by atoms with van der Waals surface area (Å²) in [5.74, 6) is 0. The molecule has 0 aromatic carbocycles. The molecule has 1 aliphatic carbocycles. The predicted molar refractivity (Wildman–Crippen MR) is 66.9 cm³/mol. The lowest BCUT2D eigenvalue weighted by molar-refractivity contribution is 0.167. The summed E-state index contributed by atoms with van der Waals surface area (Å²) < 4.78 is 1.04. The van der Waals surface area contributed by atoms with Gasteiger partial charge in [-0.2, -0.15) is 0 Å². The van der Waals surface area contributed by atoms with E-state index in [1.54, 1.807) is 28.6 Å². The summed E-state index contributed by atoms with van der Waals surface area (Å²) in [6.45, 7) is 3.23. The third-order valence-electron chi connectivity index (χ3n) is 3.03. The van der Waals surface area contributed by atoms with Crippen LogP contribution in [0.2, 0.25) is 0 Å². The summed E-state index contributed by atoms with van der Waals surface area (Å²) in [6, 6.07) is 0. The van der Waals surface area contributed by atoms with Crippen LogP contribution in [0.15, 0.2) is 9.85 Å². The van der Waals surface area contributed by atoms with Crippen molar-refractivity contribution in [2.24, 2.45) is 0 Å². The van der Waals surface area contributed by atoms with E-state index in [1.165, 1.54) is 0 Å². The van der Waals surface area contributed by atoms with Crippen molar-refractivity contribution in [2.75, 3.05) is 13.2 Å². The Morgan fingerprint density at radius 1 is 1.75 bits per heavy atom. The van der Waals surface area contributed by atoms with Gasteiger partial charge in [-0.15, -0.1) is 10.2 Å². The van der Waals surface area contributed by atoms with Crippen LogP contribution >= 0.6 is 23.1 Å². The number of thioether (sulfide) groups is 1. The van der Waals surface area contributed by atoms with Crippen LogP contribution in [0.5, 0.6) is 0 Å². The number of likely N-dealkylation sites (N-methyl/N-ethyl adjacent to an activating group) is 1. The zero-order valence-corrected chi connectivity index (χ0v) is 11.0. The second-order valence-electron chi connectivity index (χ2n) is 4.16. The lowest BCUT2D eigenvalue weighted by Crippen LogP contribution is -2.46. The van der Waals surface area contributed by atoms with Gasteiger partial charge in [0.2, 0.25) is 0 Å². The van der Waals surface area contributed by atoms with Gasteiger partial charge in [0, 0.05) is 10.8 Å². The number of rotatable bonds is 5. The lowest BCUT2D eigenvalue weighted by atomic mass is 9.99. The molecule has 6 heteroatoms. The fourth-order valence-electron chi connectivity index (χ4n) is 2.27. The highest BCUT2D eigenvalue weighted by atomic mass is 32.2. The Kier molecular flexibility index (Phi) is 4.18. The van der Waals surface area contributed by atoms with Crippen molar-refractivity contribution in [1.82, 2.24) is 15.5 Å². The van der Waals surface area contributed by atoms with Crippen molar-refractivity contribution in [3.63, 3.8) is 0 Å². The summed E-state index contributed by atoms with van der Waals surface area (Å²) >= 11 is 3.38. The van der Waals surface area contributed by atoms with Crippen LogP contribution in [-0.4, -0.2) is 39.2 Å². The molecule has 1 fully saturated rings. The van der Waals surface area contributed by atoms with Gasteiger partial charge in [-0.1, -0.05) is 30.0 Å². The van der Waals surface area contributed by atoms with Crippen molar-refractivity contribution < 1.29 is 5.11 Å². The molecule has 0 radical (unpaired) electrons. The lowest BCUT2D eigenvalue weighted by Gasteiger charge is -2.27. The topological polar surface area (TPSA) is 58.0 Å². The van der Waals surface area contributed by atoms with Gasteiger partial charge >= 0.3 is 0 Å². The van der Waals surface area contributed by atoms with E-state index in [2.05, 4.69) is 22.4 Å². The maximum Gasteiger partial charge on any atom is 0.174 e. The second kappa shape index (κ2) is 5.44. The van der Waals surface area contributed by atoms with Crippen molar-refractivity contribution >= 4 is 23.1 Å². The van der Waals surface area contributed by atoms with Gasteiger partial charge in [0.25, 0.3) is 0 Å². The number of aromatic nitrogens is 2. The average molecular weight is 259 g/mol. The maximum atomic E-state index is 9.49. The number of hydrogen-bond donors (Lipinski definition) is 2. The van der Waals surface area contributed by atoms with Crippen molar-refractivity contribution in [3.8, 4) is 0 Å². The molecule has 0 aliphatic heterocycles. The van der Waals surface area contributed by atoms with Gasteiger partial charge in [0.05, 0.1) is 6.61 Å². The van der Waals surface area contributed by atoms with Crippen LogP contribution in [0.4, 0.5) is 0 Å². The summed E-state index contributed by atoms with van der Waals surface area (Å²) in [7, 11) is 0. The smallest absolute Gasteiger partial charge is 0.174 e. The Balaban J connectivity index is 1.91. The number of hydrogen-bond acceptors (Lipinski definition) is 6. The quantitative estimate of drug-likeness (QED) is 0.839. The molecule has 0 bridgehead atoms. The van der Waals surface area contributed by atoms with Gasteiger partial charge in [-0.05, 0) is 25.8 Å². The van der Waals surface area contributed by atoms with Crippen molar-refractivity contribution in [3.05, 3.63) is 5.51 Å². The molecule has 2 rings (SSSR count). The minimum atomic E-state index is -0.0584. The van der Waals surface area contributed by atoms with E-state index in [4.69, 9.17) is 0 Å². The second-order valence-corrected chi connectivity index (χ2v) is 6.54. The van der Waals surface area contributed by atoms with Crippen molar-refractivity contribution in [1.29, 1.82) is 0 Å². The standard InChI is InChI=1S/C10H17N3OS2/c1-2-11-10(6-14)4-3-8(5-10)16-9-13-12-7-15-9/h7-8,11,14H,2-6H2,1H3. The third kappa shape index (κ3) is 2.74. The van der Waals surface area contributed by atoms with Crippen LogP contribution in [0.3, 0.4) is 0 Å². The molecular weight excluding hydrogens is 242 g/mol. The van der Waals surface area contributed by atoms with Gasteiger partial charge in [-0.3, -0.25) is 0 Å². The highest BCUT2D eigenvalue weighted by molar-refractivity contribution is 8.01. The Bertz CT molecular complexity index is 320. The van der Waals surface area contributed by atoms with Crippen LogP contribution in [0, 0.1) is 0 Å².